The maximum Gasteiger partial charge on any atom is 0.387 e. The first-order chi connectivity index (χ1) is 11.5. The predicted molar refractivity (Wildman–Crippen MR) is 88.5 cm³/mol. The molecule has 1 N–H and O–H groups in total. The van der Waals surface area contributed by atoms with Crippen LogP contribution in [-0.2, 0) is 6.42 Å². The second kappa shape index (κ2) is 8.82. The molecule has 0 saturated carbocycles. The standard InChI is InChI=1S/C17H25F2N3O2/c1-21(2)14-4-3-11-22(12-14)17(23)20-10-9-13-5-7-15(8-6-13)24-16(18)19/h5-8,14,16H,3-4,9-12H2,1-2H3,(H,20,23)/t14-/m0/s1. The van der Waals surface area contributed by atoms with Crippen molar-refractivity contribution in [2.75, 3.05) is 33.7 Å². The van der Waals surface area contributed by atoms with Crippen LogP contribution < -0.4 is 10.1 Å². The Kier molecular flexibility index (Phi) is 6.78. The highest BCUT2D eigenvalue weighted by Gasteiger charge is 2.24. The highest BCUT2D eigenvalue weighted by atomic mass is 19.3. The Bertz CT molecular complexity index is 523. The number of halogens is 2. The minimum Gasteiger partial charge on any atom is -0.435 e. The number of urea groups is 1. The molecule has 1 aliphatic heterocycles. The van der Waals surface area contributed by atoms with Crippen LogP contribution in [0.2, 0.25) is 0 Å². The molecule has 134 valence electrons. The summed E-state index contributed by atoms with van der Waals surface area (Å²) in [6, 6.07) is 6.84. The molecule has 0 spiro atoms. The van der Waals surface area contributed by atoms with Gasteiger partial charge in [-0.15, -0.1) is 0 Å². The predicted octanol–water partition coefficient (Wildman–Crippen LogP) is 2.57. The van der Waals surface area contributed by atoms with Gasteiger partial charge in [0.25, 0.3) is 0 Å². The van der Waals surface area contributed by atoms with Gasteiger partial charge >= 0.3 is 12.6 Å². The SMILES string of the molecule is CN(C)[C@H]1CCCN(C(=O)NCCc2ccc(OC(F)F)cc2)C1. The fourth-order valence-electron chi connectivity index (χ4n) is 2.82. The summed E-state index contributed by atoms with van der Waals surface area (Å²) in [6.07, 6.45) is 2.78. The zero-order valence-electron chi connectivity index (χ0n) is 14.2. The van der Waals surface area contributed by atoms with Crippen LogP contribution in [-0.4, -0.2) is 62.2 Å². The summed E-state index contributed by atoms with van der Waals surface area (Å²) in [5.74, 6) is 0.140. The van der Waals surface area contributed by atoms with Gasteiger partial charge in [-0.3, -0.25) is 0 Å². The maximum atomic E-state index is 12.2. The third-order valence-corrected chi connectivity index (χ3v) is 4.25. The summed E-state index contributed by atoms with van der Waals surface area (Å²) >= 11 is 0. The molecule has 1 fully saturated rings. The van der Waals surface area contributed by atoms with E-state index < -0.39 is 6.61 Å². The number of hydrogen-bond acceptors (Lipinski definition) is 3. The molecule has 0 aliphatic carbocycles. The van der Waals surface area contributed by atoms with Crippen molar-refractivity contribution in [1.82, 2.24) is 15.1 Å². The molecule has 0 aromatic heterocycles. The number of benzene rings is 1. The molecule has 1 aliphatic rings. The smallest absolute Gasteiger partial charge is 0.387 e. The summed E-state index contributed by atoms with van der Waals surface area (Å²) in [7, 11) is 4.07. The van der Waals surface area contributed by atoms with E-state index in [0.717, 1.165) is 31.5 Å². The monoisotopic (exact) mass is 341 g/mol. The van der Waals surface area contributed by atoms with E-state index in [1.165, 1.54) is 12.1 Å². The van der Waals surface area contributed by atoms with E-state index in [1.54, 1.807) is 12.1 Å². The van der Waals surface area contributed by atoms with Gasteiger partial charge < -0.3 is 19.9 Å². The molecule has 0 unspecified atom stereocenters. The first-order valence-electron chi connectivity index (χ1n) is 8.18. The van der Waals surface area contributed by atoms with Gasteiger partial charge in [0.1, 0.15) is 5.75 Å². The quantitative estimate of drug-likeness (QED) is 0.865. The Morgan fingerprint density at radius 2 is 2.08 bits per heavy atom. The van der Waals surface area contributed by atoms with E-state index in [9.17, 15) is 13.6 Å². The summed E-state index contributed by atoms with van der Waals surface area (Å²) in [5, 5.41) is 2.92. The lowest BCUT2D eigenvalue weighted by Gasteiger charge is -2.36. The van der Waals surface area contributed by atoms with E-state index in [0.29, 0.717) is 19.0 Å². The Morgan fingerprint density at radius 1 is 1.38 bits per heavy atom. The van der Waals surface area contributed by atoms with Crippen molar-refractivity contribution in [2.24, 2.45) is 0 Å². The number of amides is 2. The van der Waals surface area contributed by atoms with Gasteiger partial charge in [-0.1, -0.05) is 12.1 Å². The van der Waals surface area contributed by atoms with Crippen LogP contribution in [0.5, 0.6) is 5.75 Å². The minimum absolute atomic E-state index is 0.0424. The molecule has 7 heteroatoms. The lowest BCUT2D eigenvalue weighted by Crippen LogP contribution is -2.50. The Morgan fingerprint density at radius 3 is 2.71 bits per heavy atom. The number of hydrogen-bond donors (Lipinski definition) is 1. The number of nitrogens with one attached hydrogen (secondary N) is 1. The van der Waals surface area contributed by atoms with Crippen molar-refractivity contribution in [3.63, 3.8) is 0 Å². The molecule has 1 aromatic carbocycles. The number of rotatable bonds is 6. The summed E-state index contributed by atoms with van der Waals surface area (Å²) in [6.45, 7) is -0.767. The van der Waals surface area contributed by atoms with Crippen LogP contribution in [0, 0.1) is 0 Å². The second-order valence-electron chi connectivity index (χ2n) is 6.21. The number of piperidine rings is 1. The molecule has 1 heterocycles. The third-order valence-electron chi connectivity index (χ3n) is 4.25. The van der Waals surface area contributed by atoms with Gasteiger partial charge in [0.2, 0.25) is 0 Å². The average Bonchev–Trinajstić information content (AvgIpc) is 2.56. The topological polar surface area (TPSA) is 44.8 Å². The number of carbonyl (C=O) groups is 1. The normalized spacial score (nSPS) is 18.1. The Balaban J connectivity index is 1.74. The van der Waals surface area contributed by atoms with E-state index >= 15 is 0 Å². The number of alkyl halides is 2. The van der Waals surface area contributed by atoms with Crippen molar-refractivity contribution in [1.29, 1.82) is 0 Å². The molecular formula is C17H25F2N3O2. The van der Waals surface area contributed by atoms with E-state index in [-0.39, 0.29) is 11.8 Å². The first-order valence-corrected chi connectivity index (χ1v) is 8.18. The van der Waals surface area contributed by atoms with E-state index in [1.807, 2.05) is 19.0 Å². The minimum atomic E-state index is -2.81. The van der Waals surface area contributed by atoms with Gasteiger partial charge in [0, 0.05) is 25.7 Å². The molecular weight excluding hydrogens is 316 g/mol. The fraction of sp³-hybridized carbons (Fsp3) is 0.588. The van der Waals surface area contributed by atoms with Gasteiger partial charge in [0.05, 0.1) is 0 Å². The average molecular weight is 341 g/mol. The molecule has 5 nitrogen and oxygen atoms in total. The molecule has 1 atom stereocenters. The third kappa shape index (κ3) is 5.63. The van der Waals surface area contributed by atoms with Gasteiger partial charge in [0.15, 0.2) is 0 Å². The number of ether oxygens (including phenoxy) is 1. The molecule has 24 heavy (non-hydrogen) atoms. The number of carbonyl (C=O) groups excluding carboxylic acids is 1. The maximum absolute atomic E-state index is 12.2. The summed E-state index contributed by atoms with van der Waals surface area (Å²) in [4.78, 5) is 16.2. The molecule has 2 rings (SSSR count). The molecule has 1 saturated heterocycles. The summed E-state index contributed by atoms with van der Waals surface area (Å²) in [5.41, 5.74) is 0.960. The first kappa shape index (κ1) is 18.4. The van der Waals surface area contributed by atoms with E-state index in [4.69, 9.17) is 0 Å². The summed E-state index contributed by atoms with van der Waals surface area (Å²) < 4.78 is 28.5. The fourth-order valence-corrected chi connectivity index (χ4v) is 2.82. The second-order valence-corrected chi connectivity index (χ2v) is 6.21. The zero-order chi connectivity index (χ0) is 17.5. The van der Waals surface area contributed by atoms with Crippen LogP contribution in [0.4, 0.5) is 13.6 Å². The number of likely N-dealkylation sites (tertiary alicyclic amines) is 1. The highest BCUT2D eigenvalue weighted by Crippen LogP contribution is 2.15. The van der Waals surface area contributed by atoms with Crippen LogP contribution in [0.3, 0.4) is 0 Å². The van der Waals surface area contributed by atoms with Crippen LogP contribution in [0.25, 0.3) is 0 Å². The van der Waals surface area contributed by atoms with Crippen molar-refractivity contribution in [3.05, 3.63) is 29.8 Å². The zero-order valence-corrected chi connectivity index (χ0v) is 14.2. The van der Waals surface area contributed by atoms with Crippen LogP contribution >= 0.6 is 0 Å². The van der Waals surface area contributed by atoms with Gasteiger partial charge in [-0.05, 0) is 51.1 Å². The van der Waals surface area contributed by atoms with Crippen molar-refractivity contribution in [2.45, 2.75) is 31.9 Å². The van der Waals surface area contributed by atoms with Crippen molar-refractivity contribution in [3.8, 4) is 5.75 Å². The Labute approximate surface area is 141 Å². The van der Waals surface area contributed by atoms with Crippen molar-refractivity contribution < 1.29 is 18.3 Å². The van der Waals surface area contributed by atoms with Gasteiger partial charge in [-0.25, -0.2) is 4.79 Å². The molecule has 1 aromatic rings. The van der Waals surface area contributed by atoms with Crippen molar-refractivity contribution >= 4 is 6.03 Å². The lowest BCUT2D eigenvalue weighted by molar-refractivity contribution is -0.0498. The molecule has 0 bridgehead atoms. The van der Waals surface area contributed by atoms with Crippen LogP contribution in [0.15, 0.2) is 24.3 Å². The lowest BCUT2D eigenvalue weighted by atomic mass is 10.1. The number of likely N-dealkylation sites (N-methyl/N-ethyl adjacent to an activating group) is 1. The van der Waals surface area contributed by atoms with Crippen LogP contribution in [0.1, 0.15) is 18.4 Å². The molecule has 0 radical (unpaired) electrons. The number of nitrogens with zero attached hydrogens (tertiary/aromatic N) is 2. The highest BCUT2D eigenvalue weighted by molar-refractivity contribution is 5.74. The Hall–Kier alpha value is -1.89. The van der Waals surface area contributed by atoms with Gasteiger partial charge in [-0.2, -0.15) is 8.78 Å². The largest absolute Gasteiger partial charge is 0.435 e. The van der Waals surface area contributed by atoms with E-state index in [2.05, 4.69) is 15.0 Å². The molecule has 2 amide bonds.